The molecule has 0 spiro atoms. The second-order valence-electron chi connectivity index (χ2n) is 4.34. The van der Waals surface area contributed by atoms with E-state index in [1.165, 1.54) is 6.20 Å². The molecule has 6 heteroatoms. The van der Waals surface area contributed by atoms with Gasteiger partial charge in [-0.1, -0.05) is 23.7 Å². The summed E-state index contributed by atoms with van der Waals surface area (Å²) in [6.45, 7) is 0.256. The van der Waals surface area contributed by atoms with E-state index in [1.807, 2.05) is 24.3 Å². The van der Waals surface area contributed by atoms with E-state index in [4.69, 9.17) is 17.3 Å². The minimum absolute atomic E-state index is 0.205. The molecule has 5 nitrogen and oxygen atoms in total. The van der Waals surface area contributed by atoms with E-state index in [0.29, 0.717) is 16.5 Å². The topological polar surface area (TPSA) is 73.8 Å². The minimum Gasteiger partial charge on any atom is -0.384 e. The maximum absolute atomic E-state index is 12.0. The van der Waals surface area contributed by atoms with Crippen LogP contribution in [0.4, 0.5) is 5.82 Å². The van der Waals surface area contributed by atoms with Gasteiger partial charge < -0.3 is 5.73 Å². The zero-order chi connectivity index (χ0) is 14.1. The Bertz CT molecular complexity index is 844. The maximum atomic E-state index is 12.0. The largest absolute Gasteiger partial charge is 0.384 e. The molecule has 20 heavy (non-hydrogen) atoms. The number of fused-ring (bicyclic) bond motifs is 1. The van der Waals surface area contributed by atoms with E-state index in [9.17, 15) is 4.79 Å². The zero-order valence-corrected chi connectivity index (χ0v) is 11.2. The Morgan fingerprint density at radius 2 is 2.00 bits per heavy atom. The molecule has 0 radical (unpaired) electrons. The predicted molar refractivity (Wildman–Crippen MR) is 78.8 cm³/mol. The van der Waals surface area contributed by atoms with Crippen molar-refractivity contribution in [2.45, 2.75) is 6.54 Å². The molecule has 0 amide bonds. The lowest BCUT2D eigenvalue weighted by Crippen LogP contribution is -2.21. The van der Waals surface area contributed by atoms with Gasteiger partial charge in [-0.25, -0.2) is 9.97 Å². The molecule has 2 N–H and O–H groups in total. The van der Waals surface area contributed by atoms with Gasteiger partial charge in [0.1, 0.15) is 5.82 Å². The standard InChI is InChI=1S/C14H11ClN4O/c15-9-5-6-13(16)18-11(9)8-19-12-4-2-1-3-10(12)17-7-14(19)20/h1-7H,8H2,(H2,16,18). The number of nitrogen functional groups attached to an aromatic ring is 1. The van der Waals surface area contributed by atoms with Crippen molar-refractivity contribution in [2.24, 2.45) is 0 Å². The second-order valence-corrected chi connectivity index (χ2v) is 4.74. The summed E-state index contributed by atoms with van der Waals surface area (Å²) in [4.78, 5) is 20.3. The fourth-order valence-electron chi connectivity index (χ4n) is 2.04. The monoisotopic (exact) mass is 286 g/mol. The van der Waals surface area contributed by atoms with Crippen LogP contribution in [0.2, 0.25) is 5.02 Å². The third-order valence-electron chi connectivity index (χ3n) is 3.00. The number of rotatable bonds is 2. The molecule has 1 aromatic carbocycles. The molecular weight excluding hydrogens is 276 g/mol. The number of benzene rings is 1. The molecule has 2 heterocycles. The van der Waals surface area contributed by atoms with Gasteiger partial charge in [-0.05, 0) is 24.3 Å². The number of anilines is 1. The molecule has 3 aromatic rings. The molecule has 2 aromatic heterocycles. The molecule has 0 saturated heterocycles. The first-order chi connectivity index (χ1) is 9.65. The van der Waals surface area contributed by atoms with Crippen LogP contribution in [-0.4, -0.2) is 14.5 Å². The predicted octanol–water partition coefficient (Wildman–Crippen LogP) is 2.08. The summed E-state index contributed by atoms with van der Waals surface area (Å²) in [5, 5.41) is 0.479. The normalized spacial score (nSPS) is 10.8. The highest BCUT2D eigenvalue weighted by atomic mass is 35.5. The number of hydrogen-bond donors (Lipinski definition) is 1. The molecule has 0 aliphatic carbocycles. The van der Waals surface area contributed by atoms with Crippen molar-refractivity contribution < 1.29 is 0 Å². The first-order valence-corrected chi connectivity index (χ1v) is 6.38. The summed E-state index contributed by atoms with van der Waals surface area (Å²) in [6, 6.07) is 10.7. The molecular formula is C14H11ClN4O. The lowest BCUT2D eigenvalue weighted by Gasteiger charge is -2.10. The highest BCUT2D eigenvalue weighted by molar-refractivity contribution is 6.31. The van der Waals surface area contributed by atoms with Crippen LogP contribution in [0.1, 0.15) is 5.69 Å². The molecule has 100 valence electrons. The Labute approximate surface area is 119 Å². The second kappa shape index (κ2) is 4.94. The van der Waals surface area contributed by atoms with Crippen LogP contribution in [0.25, 0.3) is 11.0 Å². The van der Waals surface area contributed by atoms with Crippen molar-refractivity contribution in [2.75, 3.05) is 5.73 Å². The van der Waals surface area contributed by atoms with Gasteiger partial charge in [0.2, 0.25) is 0 Å². The Morgan fingerprint density at radius 3 is 2.85 bits per heavy atom. The lowest BCUT2D eigenvalue weighted by atomic mass is 10.2. The number of nitrogens with zero attached hydrogens (tertiary/aromatic N) is 3. The van der Waals surface area contributed by atoms with Crippen molar-refractivity contribution in [1.82, 2.24) is 14.5 Å². The fraction of sp³-hybridized carbons (Fsp3) is 0.0714. The highest BCUT2D eigenvalue weighted by Gasteiger charge is 2.08. The van der Waals surface area contributed by atoms with Crippen LogP contribution in [0, 0.1) is 0 Å². The summed E-state index contributed by atoms with van der Waals surface area (Å²) >= 11 is 6.10. The van der Waals surface area contributed by atoms with Crippen molar-refractivity contribution in [3.05, 3.63) is 63.7 Å². The van der Waals surface area contributed by atoms with E-state index >= 15 is 0 Å². The first kappa shape index (κ1) is 12.6. The average molecular weight is 287 g/mol. The van der Waals surface area contributed by atoms with Gasteiger partial charge >= 0.3 is 0 Å². The number of para-hydroxylation sites is 2. The van der Waals surface area contributed by atoms with Gasteiger partial charge in [0, 0.05) is 0 Å². The molecule has 0 saturated carbocycles. The van der Waals surface area contributed by atoms with Gasteiger partial charge in [-0.2, -0.15) is 0 Å². The molecule has 3 rings (SSSR count). The Hall–Kier alpha value is -2.40. The summed E-state index contributed by atoms with van der Waals surface area (Å²) in [6.07, 6.45) is 1.29. The molecule has 0 bridgehead atoms. The van der Waals surface area contributed by atoms with Crippen LogP contribution in [0.15, 0.2) is 47.4 Å². The number of nitrogens with two attached hydrogens (primary N) is 1. The summed E-state index contributed by atoms with van der Waals surface area (Å²) in [5.41, 5.74) is 7.50. The smallest absolute Gasteiger partial charge is 0.269 e. The number of aromatic nitrogens is 3. The van der Waals surface area contributed by atoms with Crippen molar-refractivity contribution >= 4 is 28.5 Å². The Morgan fingerprint density at radius 1 is 1.20 bits per heavy atom. The van der Waals surface area contributed by atoms with Crippen LogP contribution >= 0.6 is 11.6 Å². The van der Waals surface area contributed by atoms with Gasteiger partial charge in [0.25, 0.3) is 5.56 Å². The summed E-state index contributed by atoms with van der Waals surface area (Å²) < 4.78 is 1.58. The quantitative estimate of drug-likeness (QED) is 0.783. The fourth-order valence-corrected chi connectivity index (χ4v) is 2.20. The number of hydrogen-bond acceptors (Lipinski definition) is 4. The van der Waals surface area contributed by atoms with E-state index in [0.717, 1.165) is 11.0 Å². The maximum Gasteiger partial charge on any atom is 0.269 e. The van der Waals surface area contributed by atoms with E-state index in [2.05, 4.69) is 9.97 Å². The highest BCUT2D eigenvalue weighted by Crippen LogP contribution is 2.17. The SMILES string of the molecule is Nc1ccc(Cl)c(Cn2c(=O)cnc3ccccc32)n1. The zero-order valence-electron chi connectivity index (χ0n) is 10.5. The molecule has 0 aliphatic heterocycles. The Kier molecular flexibility index (Phi) is 3.12. The summed E-state index contributed by atoms with van der Waals surface area (Å²) in [5.74, 6) is 0.371. The average Bonchev–Trinajstić information content (AvgIpc) is 2.46. The first-order valence-electron chi connectivity index (χ1n) is 6.00. The van der Waals surface area contributed by atoms with Gasteiger partial charge in [-0.15, -0.1) is 0 Å². The third-order valence-corrected chi connectivity index (χ3v) is 3.34. The number of pyridine rings is 1. The van der Waals surface area contributed by atoms with Crippen molar-refractivity contribution in [1.29, 1.82) is 0 Å². The van der Waals surface area contributed by atoms with E-state index < -0.39 is 0 Å². The number of halogens is 1. The summed E-state index contributed by atoms with van der Waals surface area (Å²) in [7, 11) is 0. The van der Waals surface area contributed by atoms with Crippen molar-refractivity contribution in [3.8, 4) is 0 Å². The third kappa shape index (κ3) is 2.23. The lowest BCUT2D eigenvalue weighted by molar-refractivity contribution is 0.766. The van der Waals surface area contributed by atoms with Gasteiger partial charge in [-0.3, -0.25) is 9.36 Å². The molecule has 0 unspecified atom stereocenters. The van der Waals surface area contributed by atoms with E-state index in [1.54, 1.807) is 16.7 Å². The molecule has 0 aliphatic rings. The minimum atomic E-state index is -0.205. The van der Waals surface area contributed by atoms with E-state index in [-0.39, 0.29) is 12.1 Å². The van der Waals surface area contributed by atoms with Gasteiger partial charge in [0.15, 0.2) is 0 Å². The van der Waals surface area contributed by atoms with Crippen LogP contribution in [0.5, 0.6) is 0 Å². The van der Waals surface area contributed by atoms with Crippen LogP contribution in [-0.2, 0) is 6.54 Å². The van der Waals surface area contributed by atoms with Gasteiger partial charge in [0.05, 0.1) is 34.5 Å². The molecule has 0 fully saturated rings. The van der Waals surface area contributed by atoms with Crippen LogP contribution in [0.3, 0.4) is 0 Å². The van der Waals surface area contributed by atoms with Crippen LogP contribution < -0.4 is 11.3 Å². The Balaban J connectivity index is 2.17. The molecule has 0 atom stereocenters. The van der Waals surface area contributed by atoms with Crippen molar-refractivity contribution in [3.63, 3.8) is 0 Å².